The number of ether oxygens (including phenoxy) is 3. The van der Waals surface area contributed by atoms with Gasteiger partial charge in [0.15, 0.2) is 11.4 Å². The van der Waals surface area contributed by atoms with E-state index in [-0.39, 0.29) is 23.0 Å². The van der Waals surface area contributed by atoms with Gasteiger partial charge in [0.2, 0.25) is 5.91 Å². The van der Waals surface area contributed by atoms with Crippen LogP contribution in [0.4, 0.5) is 0 Å². The molecule has 2 rings (SSSR count). The number of benzene rings is 2. The highest BCUT2D eigenvalue weighted by molar-refractivity contribution is 6.30. The Morgan fingerprint density at radius 3 is 1.64 bits per heavy atom. The second-order valence-electron chi connectivity index (χ2n) is 13.6. The Balaban J connectivity index is 0.00000188. The number of carbonyl (C=O) groups excluding carboxylic acids is 3. The topological polar surface area (TPSA) is 103 Å². The van der Waals surface area contributed by atoms with Crippen LogP contribution in [0.2, 0.25) is 5.02 Å². The van der Waals surface area contributed by atoms with Crippen LogP contribution in [-0.2, 0) is 19.1 Å². The summed E-state index contributed by atoms with van der Waals surface area (Å²) in [5.74, 6) is 0.818. The number of halogens is 1. The first-order valence-electron chi connectivity index (χ1n) is 17.5. The van der Waals surface area contributed by atoms with Gasteiger partial charge in [-0.2, -0.15) is 0 Å². The van der Waals surface area contributed by atoms with Crippen molar-refractivity contribution in [2.75, 3.05) is 39.5 Å². The number of hydrogen-bond donors (Lipinski definition) is 2. The zero-order valence-electron chi connectivity index (χ0n) is 32.5. The molecule has 0 aromatic heterocycles. The van der Waals surface area contributed by atoms with E-state index in [1.165, 1.54) is 11.1 Å². The maximum absolute atomic E-state index is 12.6. The van der Waals surface area contributed by atoms with Crippen LogP contribution in [0.25, 0.3) is 0 Å². The van der Waals surface area contributed by atoms with Gasteiger partial charge in [-0.3, -0.25) is 14.4 Å². The smallest absolute Gasteiger partial charge is 0.263 e. The fourth-order valence-electron chi connectivity index (χ4n) is 4.35. The molecule has 0 fully saturated rings. The largest absolute Gasteiger partial charge is 0.478 e. The zero-order valence-corrected chi connectivity index (χ0v) is 33.2. The average Bonchev–Trinajstić information content (AvgIpc) is 3.05. The Morgan fingerprint density at radius 1 is 0.800 bits per heavy atom. The quantitative estimate of drug-likeness (QED) is 0.0908. The molecule has 50 heavy (non-hydrogen) atoms. The monoisotopic (exact) mass is 714 g/mol. The molecule has 280 valence electrons. The zero-order chi connectivity index (χ0) is 38.3. The first-order valence-corrected chi connectivity index (χ1v) is 17.8. The molecule has 0 atom stereocenters. The maximum Gasteiger partial charge on any atom is 0.263 e. The number of hydrogen-bond acceptors (Lipinski definition) is 6. The molecule has 0 aliphatic rings. The first kappa shape index (κ1) is 46.5. The van der Waals surface area contributed by atoms with Crippen LogP contribution in [0.1, 0.15) is 105 Å². The van der Waals surface area contributed by atoms with Crippen molar-refractivity contribution >= 4 is 29.2 Å². The van der Waals surface area contributed by atoms with E-state index in [0.29, 0.717) is 61.4 Å². The van der Waals surface area contributed by atoms with Crippen LogP contribution in [0, 0.1) is 11.3 Å². The summed E-state index contributed by atoms with van der Waals surface area (Å²) >= 11 is 5.89. The molecule has 2 aromatic carbocycles. The van der Waals surface area contributed by atoms with Crippen LogP contribution >= 0.6 is 11.6 Å². The predicted octanol–water partition coefficient (Wildman–Crippen LogP) is 9.01. The molecule has 0 unspecified atom stereocenters. The van der Waals surface area contributed by atoms with E-state index in [4.69, 9.17) is 25.8 Å². The predicted molar refractivity (Wildman–Crippen MR) is 207 cm³/mol. The molecule has 2 aromatic rings. The molecule has 0 heterocycles. The lowest BCUT2D eigenvalue weighted by Gasteiger charge is -2.25. The van der Waals surface area contributed by atoms with Crippen molar-refractivity contribution in [2.24, 2.45) is 11.3 Å². The summed E-state index contributed by atoms with van der Waals surface area (Å²) in [5.41, 5.74) is 2.53. The third-order valence-electron chi connectivity index (χ3n) is 7.72. The molecular weight excluding hydrogens is 652 g/mol. The highest BCUT2D eigenvalue weighted by Crippen LogP contribution is 2.22. The van der Waals surface area contributed by atoms with Gasteiger partial charge in [-0.05, 0) is 102 Å². The van der Waals surface area contributed by atoms with Gasteiger partial charge < -0.3 is 24.8 Å². The van der Waals surface area contributed by atoms with E-state index in [9.17, 15) is 14.4 Å². The van der Waals surface area contributed by atoms with Gasteiger partial charge in [0.05, 0.1) is 26.4 Å². The second-order valence-corrected chi connectivity index (χ2v) is 14.0. The van der Waals surface area contributed by atoms with Crippen molar-refractivity contribution in [1.82, 2.24) is 10.6 Å². The van der Waals surface area contributed by atoms with E-state index < -0.39 is 5.60 Å². The van der Waals surface area contributed by atoms with Crippen LogP contribution < -0.4 is 15.4 Å². The van der Waals surface area contributed by atoms with Crippen molar-refractivity contribution < 1.29 is 28.6 Å². The standard InChI is InChI=1S/C30H41ClN2O6.C8H16.C3H6/c1-6-15-29(2,3)27(35)32-16-18-37-20-21-38-19-17-33-28(36)30(4,5)39-25-13-9-23(10-14-25)26(34)22-7-11-24(31)12-8-22;1-6(2)8(5)7(3)4;1-3-2/h7-14H,6,15-21H2,1-5H3,(H,32,35)(H,33,36);6H,1-5H3;3H,1H2,2H3. The minimum atomic E-state index is -1.12. The number of amides is 2. The molecule has 0 aliphatic carbocycles. The third-order valence-corrected chi connectivity index (χ3v) is 7.98. The summed E-state index contributed by atoms with van der Waals surface area (Å²) in [4.78, 5) is 37.4. The molecule has 0 saturated heterocycles. The molecule has 0 saturated carbocycles. The normalized spacial score (nSPS) is 10.9. The number of allylic oxidation sites excluding steroid dienone is 3. The Hall–Kier alpha value is -3.46. The number of ketones is 1. The second kappa shape index (κ2) is 24.6. The lowest BCUT2D eigenvalue weighted by atomic mass is 9.87. The Kier molecular flexibility index (Phi) is 22.9. The summed E-state index contributed by atoms with van der Waals surface area (Å²) < 4.78 is 16.9. The molecular formula is C41H63ClN2O6. The average molecular weight is 715 g/mol. The SMILES string of the molecule is C=CC.CC(C)=C(C)C(C)C.CCCC(C)(C)C(=O)NCCOCCOCCNC(=O)C(C)(C)Oc1ccc(C(=O)c2ccc(Cl)cc2)cc1. The minimum Gasteiger partial charge on any atom is -0.478 e. The van der Waals surface area contributed by atoms with Crippen molar-refractivity contribution in [3.63, 3.8) is 0 Å². The van der Waals surface area contributed by atoms with Crippen molar-refractivity contribution in [2.45, 2.75) is 94.6 Å². The van der Waals surface area contributed by atoms with Crippen molar-refractivity contribution in [1.29, 1.82) is 0 Å². The molecule has 0 radical (unpaired) electrons. The summed E-state index contributed by atoms with van der Waals surface area (Å²) in [5, 5.41) is 6.27. The molecule has 8 nitrogen and oxygen atoms in total. The fourth-order valence-corrected chi connectivity index (χ4v) is 4.47. The summed E-state index contributed by atoms with van der Waals surface area (Å²) in [6.45, 7) is 27.8. The van der Waals surface area contributed by atoms with E-state index in [1.54, 1.807) is 68.5 Å². The van der Waals surface area contributed by atoms with E-state index in [1.807, 2.05) is 20.8 Å². The van der Waals surface area contributed by atoms with E-state index >= 15 is 0 Å². The minimum absolute atomic E-state index is 0.0353. The van der Waals surface area contributed by atoms with Crippen LogP contribution in [-0.4, -0.2) is 62.7 Å². The summed E-state index contributed by atoms with van der Waals surface area (Å²) in [7, 11) is 0. The van der Waals surface area contributed by atoms with Gasteiger partial charge >= 0.3 is 0 Å². The molecule has 2 N–H and O–H groups in total. The van der Waals surface area contributed by atoms with Crippen LogP contribution in [0.3, 0.4) is 0 Å². The first-order chi connectivity index (χ1) is 23.4. The highest BCUT2D eigenvalue weighted by atomic mass is 35.5. The van der Waals surface area contributed by atoms with E-state index in [0.717, 1.165) is 18.8 Å². The molecule has 9 heteroatoms. The van der Waals surface area contributed by atoms with Gasteiger partial charge in [0.25, 0.3) is 5.91 Å². The Labute approximate surface area is 307 Å². The van der Waals surface area contributed by atoms with Crippen molar-refractivity contribution in [3.8, 4) is 5.75 Å². The summed E-state index contributed by atoms with van der Waals surface area (Å²) in [6, 6.07) is 13.4. The van der Waals surface area contributed by atoms with Gasteiger partial charge in [-0.25, -0.2) is 0 Å². The van der Waals surface area contributed by atoms with Crippen molar-refractivity contribution in [3.05, 3.63) is 88.5 Å². The summed E-state index contributed by atoms with van der Waals surface area (Å²) in [6.07, 6.45) is 3.55. The van der Waals surface area contributed by atoms with Gasteiger partial charge in [0, 0.05) is 34.7 Å². The highest BCUT2D eigenvalue weighted by Gasteiger charge is 2.30. The fraction of sp³-hybridized carbons (Fsp3) is 0.537. The Bertz CT molecular complexity index is 1330. The number of carbonyl (C=O) groups is 3. The molecule has 0 bridgehead atoms. The van der Waals surface area contributed by atoms with E-state index in [2.05, 4.69) is 58.8 Å². The third kappa shape index (κ3) is 19.1. The van der Waals surface area contributed by atoms with Crippen LogP contribution in [0.15, 0.2) is 72.3 Å². The molecule has 0 aliphatic heterocycles. The van der Waals surface area contributed by atoms with Crippen LogP contribution in [0.5, 0.6) is 5.75 Å². The Morgan fingerprint density at radius 2 is 1.24 bits per heavy atom. The number of rotatable bonds is 18. The maximum atomic E-state index is 12.6. The molecule has 2 amide bonds. The van der Waals surface area contributed by atoms with Gasteiger partial charge in [-0.15, -0.1) is 6.58 Å². The van der Waals surface area contributed by atoms with Gasteiger partial charge in [-0.1, -0.05) is 69.9 Å². The van der Waals surface area contributed by atoms with Gasteiger partial charge in [0.1, 0.15) is 5.75 Å². The lowest BCUT2D eigenvalue weighted by Crippen LogP contribution is -2.47. The number of nitrogens with one attached hydrogen (secondary N) is 2. The molecule has 0 spiro atoms. The lowest BCUT2D eigenvalue weighted by molar-refractivity contribution is -0.134.